The molecule has 0 saturated heterocycles. The third kappa shape index (κ3) is 2.42. The van der Waals surface area contributed by atoms with E-state index in [-0.39, 0.29) is 12.0 Å². The van der Waals surface area contributed by atoms with Gasteiger partial charge in [-0.3, -0.25) is 9.69 Å². The lowest BCUT2D eigenvalue weighted by Gasteiger charge is -2.33. The number of hydrogen-bond donors (Lipinski definition) is 0. The van der Waals surface area contributed by atoms with Gasteiger partial charge in [-0.15, -0.1) is 0 Å². The summed E-state index contributed by atoms with van der Waals surface area (Å²) in [5.41, 5.74) is 2.08. The van der Waals surface area contributed by atoms with Crippen LogP contribution >= 0.6 is 0 Å². The van der Waals surface area contributed by atoms with Crippen molar-refractivity contribution in [1.29, 1.82) is 0 Å². The SMILES string of the molecule is CC1CN(C(=O)c2ccc3ccccc3n2)c2ccccc2O1. The fourth-order valence-electron chi connectivity index (χ4n) is 2.91. The number of fused-ring (bicyclic) bond motifs is 2. The first-order chi connectivity index (χ1) is 11.2. The molecule has 0 N–H and O–H groups in total. The maximum absolute atomic E-state index is 13.0. The molecular formula is C19H16N2O2. The number of carbonyl (C=O) groups excluding carboxylic acids is 1. The van der Waals surface area contributed by atoms with Crippen molar-refractivity contribution in [3.63, 3.8) is 0 Å². The third-order valence-electron chi connectivity index (χ3n) is 3.99. The number of pyridine rings is 1. The van der Waals surface area contributed by atoms with Gasteiger partial charge in [0, 0.05) is 5.39 Å². The van der Waals surface area contributed by atoms with Crippen LogP contribution in [0.3, 0.4) is 0 Å². The van der Waals surface area contributed by atoms with Crippen molar-refractivity contribution in [3.05, 3.63) is 66.4 Å². The van der Waals surface area contributed by atoms with Gasteiger partial charge in [0.15, 0.2) is 0 Å². The Labute approximate surface area is 134 Å². The van der Waals surface area contributed by atoms with E-state index in [4.69, 9.17) is 4.74 Å². The Hall–Kier alpha value is -2.88. The number of rotatable bonds is 1. The van der Waals surface area contributed by atoms with Crippen LogP contribution in [-0.2, 0) is 0 Å². The van der Waals surface area contributed by atoms with Gasteiger partial charge in [0.05, 0.1) is 17.7 Å². The monoisotopic (exact) mass is 304 g/mol. The highest BCUT2D eigenvalue weighted by atomic mass is 16.5. The van der Waals surface area contributed by atoms with Crippen LogP contribution in [-0.4, -0.2) is 23.5 Å². The minimum atomic E-state index is -0.0987. The van der Waals surface area contributed by atoms with Crippen LogP contribution in [0.1, 0.15) is 17.4 Å². The minimum absolute atomic E-state index is 0.0469. The third-order valence-corrected chi connectivity index (χ3v) is 3.99. The topological polar surface area (TPSA) is 42.4 Å². The molecule has 4 heteroatoms. The van der Waals surface area contributed by atoms with Gasteiger partial charge in [-0.2, -0.15) is 0 Å². The molecule has 1 atom stereocenters. The van der Waals surface area contributed by atoms with Gasteiger partial charge in [-0.1, -0.05) is 36.4 Å². The number of benzene rings is 2. The van der Waals surface area contributed by atoms with Crippen LogP contribution in [0.2, 0.25) is 0 Å². The maximum Gasteiger partial charge on any atom is 0.277 e. The Balaban J connectivity index is 1.76. The molecule has 0 saturated carbocycles. The number of aromatic nitrogens is 1. The second-order valence-corrected chi connectivity index (χ2v) is 5.70. The number of amides is 1. The van der Waals surface area contributed by atoms with Crippen molar-refractivity contribution < 1.29 is 9.53 Å². The molecule has 3 aromatic rings. The van der Waals surface area contributed by atoms with Crippen molar-refractivity contribution in [3.8, 4) is 5.75 Å². The maximum atomic E-state index is 13.0. The molecule has 0 spiro atoms. The molecule has 0 bridgehead atoms. The molecule has 0 radical (unpaired) electrons. The number of para-hydroxylation sites is 3. The van der Waals surface area contributed by atoms with Crippen LogP contribution < -0.4 is 9.64 Å². The van der Waals surface area contributed by atoms with Crippen molar-refractivity contribution in [1.82, 2.24) is 4.98 Å². The van der Waals surface area contributed by atoms with Crippen LogP contribution in [0.4, 0.5) is 5.69 Å². The highest BCUT2D eigenvalue weighted by Gasteiger charge is 2.28. The Morgan fingerprint density at radius 3 is 2.78 bits per heavy atom. The summed E-state index contributed by atoms with van der Waals surface area (Å²) >= 11 is 0. The molecule has 4 rings (SSSR count). The average Bonchev–Trinajstić information content (AvgIpc) is 2.60. The lowest BCUT2D eigenvalue weighted by molar-refractivity contribution is 0.0956. The Kier molecular flexibility index (Phi) is 3.23. The Bertz CT molecular complexity index is 891. The molecule has 23 heavy (non-hydrogen) atoms. The Morgan fingerprint density at radius 1 is 1.09 bits per heavy atom. The van der Waals surface area contributed by atoms with Crippen molar-refractivity contribution in [2.75, 3.05) is 11.4 Å². The van der Waals surface area contributed by atoms with E-state index >= 15 is 0 Å². The van der Waals surface area contributed by atoms with Crippen LogP contribution in [0.15, 0.2) is 60.7 Å². The predicted molar refractivity (Wildman–Crippen MR) is 90.0 cm³/mol. The minimum Gasteiger partial charge on any atom is -0.487 e. The number of hydrogen-bond acceptors (Lipinski definition) is 3. The summed E-state index contributed by atoms with van der Waals surface area (Å²) < 4.78 is 5.80. The molecule has 1 aliphatic rings. The normalized spacial score (nSPS) is 16.7. The van der Waals surface area contributed by atoms with Gasteiger partial charge in [0.2, 0.25) is 0 Å². The fourth-order valence-corrected chi connectivity index (χ4v) is 2.91. The fraction of sp³-hybridized carbons (Fsp3) is 0.158. The highest BCUT2D eigenvalue weighted by molar-refractivity contribution is 6.06. The summed E-state index contributed by atoms with van der Waals surface area (Å²) in [5, 5.41) is 1.03. The van der Waals surface area contributed by atoms with Gasteiger partial charge < -0.3 is 4.74 Å². The first-order valence-electron chi connectivity index (χ1n) is 7.66. The van der Waals surface area contributed by atoms with E-state index in [0.717, 1.165) is 22.3 Å². The molecule has 0 fully saturated rings. The molecule has 4 nitrogen and oxygen atoms in total. The molecule has 2 heterocycles. The number of ether oxygens (including phenoxy) is 1. The zero-order valence-electron chi connectivity index (χ0n) is 12.8. The molecule has 1 aliphatic heterocycles. The number of carbonyl (C=O) groups is 1. The number of anilines is 1. The van der Waals surface area contributed by atoms with Gasteiger partial charge in [-0.25, -0.2) is 4.98 Å². The summed E-state index contributed by atoms with van der Waals surface area (Å²) in [6.45, 7) is 2.48. The van der Waals surface area contributed by atoms with Gasteiger partial charge >= 0.3 is 0 Å². The largest absolute Gasteiger partial charge is 0.487 e. The smallest absolute Gasteiger partial charge is 0.277 e. The summed E-state index contributed by atoms with van der Waals surface area (Å²) in [7, 11) is 0. The standard InChI is InChI=1S/C19H16N2O2/c1-13-12-21(17-8-4-5-9-18(17)23-13)19(22)16-11-10-14-6-2-3-7-15(14)20-16/h2-11,13H,12H2,1H3. The quantitative estimate of drug-likeness (QED) is 0.689. The van der Waals surface area contributed by atoms with Crippen molar-refractivity contribution >= 4 is 22.5 Å². The van der Waals surface area contributed by atoms with E-state index in [1.807, 2.05) is 61.5 Å². The van der Waals surface area contributed by atoms with Gasteiger partial charge in [-0.05, 0) is 31.2 Å². The van der Waals surface area contributed by atoms with E-state index in [1.54, 1.807) is 11.0 Å². The molecule has 114 valence electrons. The van der Waals surface area contributed by atoms with E-state index in [9.17, 15) is 4.79 Å². The van der Waals surface area contributed by atoms with Gasteiger partial charge in [0.25, 0.3) is 5.91 Å². The van der Waals surface area contributed by atoms with Crippen LogP contribution in [0.25, 0.3) is 10.9 Å². The second kappa shape index (κ2) is 5.39. The van der Waals surface area contributed by atoms with Crippen LogP contribution in [0, 0.1) is 0 Å². The zero-order chi connectivity index (χ0) is 15.8. The molecule has 1 aromatic heterocycles. The summed E-state index contributed by atoms with van der Waals surface area (Å²) in [6, 6.07) is 19.1. The zero-order valence-corrected chi connectivity index (χ0v) is 12.8. The van der Waals surface area contributed by atoms with E-state index in [0.29, 0.717) is 12.2 Å². The van der Waals surface area contributed by atoms with Gasteiger partial charge in [0.1, 0.15) is 17.5 Å². The average molecular weight is 304 g/mol. The first kappa shape index (κ1) is 13.8. The van der Waals surface area contributed by atoms with E-state index in [2.05, 4.69) is 4.98 Å². The molecule has 1 amide bonds. The summed E-state index contributed by atoms with van der Waals surface area (Å²) in [4.78, 5) is 19.2. The summed E-state index contributed by atoms with van der Waals surface area (Å²) in [5.74, 6) is 0.638. The molecule has 2 aromatic carbocycles. The highest BCUT2D eigenvalue weighted by Crippen LogP contribution is 2.33. The van der Waals surface area contributed by atoms with E-state index in [1.165, 1.54) is 0 Å². The first-order valence-corrected chi connectivity index (χ1v) is 7.66. The van der Waals surface area contributed by atoms with Crippen molar-refractivity contribution in [2.24, 2.45) is 0 Å². The lowest BCUT2D eigenvalue weighted by atomic mass is 10.1. The summed E-state index contributed by atoms with van der Waals surface area (Å²) in [6.07, 6.45) is -0.0469. The van der Waals surface area contributed by atoms with Crippen LogP contribution in [0.5, 0.6) is 5.75 Å². The lowest BCUT2D eigenvalue weighted by Crippen LogP contribution is -2.42. The molecular weight excluding hydrogens is 288 g/mol. The second-order valence-electron chi connectivity index (χ2n) is 5.70. The number of nitrogens with zero attached hydrogens (tertiary/aromatic N) is 2. The molecule has 0 aliphatic carbocycles. The van der Waals surface area contributed by atoms with E-state index < -0.39 is 0 Å². The molecule has 1 unspecified atom stereocenters. The Morgan fingerprint density at radius 2 is 1.87 bits per heavy atom. The predicted octanol–water partition coefficient (Wildman–Crippen LogP) is 3.66. The van der Waals surface area contributed by atoms with Crippen molar-refractivity contribution in [2.45, 2.75) is 13.0 Å².